The van der Waals surface area contributed by atoms with Crippen molar-refractivity contribution in [2.45, 2.75) is 31.9 Å². The summed E-state index contributed by atoms with van der Waals surface area (Å²) in [5.41, 5.74) is 0.947. The van der Waals surface area contributed by atoms with E-state index in [4.69, 9.17) is 4.74 Å². The van der Waals surface area contributed by atoms with Crippen LogP contribution in [0.2, 0.25) is 0 Å². The number of nitrogens with zero attached hydrogens (tertiary/aromatic N) is 2. The van der Waals surface area contributed by atoms with Crippen LogP contribution in [-0.2, 0) is 0 Å². The van der Waals surface area contributed by atoms with E-state index in [1.54, 1.807) is 11.0 Å². The molecule has 1 amide bonds. The van der Waals surface area contributed by atoms with Gasteiger partial charge in [-0.25, -0.2) is 0 Å². The van der Waals surface area contributed by atoms with Crippen molar-refractivity contribution in [1.29, 1.82) is 0 Å². The molecule has 1 saturated carbocycles. The summed E-state index contributed by atoms with van der Waals surface area (Å²) in [6, 6.07) is 13.8. The molecule has 6 heteroatoms. The molecule has 0 bridgehead atoms. The molecule has 5 nitrogen and oxygen atoms in total. The molecular weight excluding hydrogens is 360 g/mol. The predicted octanol–water partition coefficient (Wildman–Crippen LogP) is 3.61. The van der Waals surface area contributed by atoms with Crippen LogP contribution in [0.4, 0.5) is 0 Å². The fourth-order valence-electron chi connectivity index (χ4n) is 3.66. The fourth-order valence-corrected chi connectivity index (χ4v) is 4.70. The number of hydrogen-bond acceptors (Lipinski definition) is 4. The van der Waals surface area contributed by atoms with Crippen molar-refractivity contribution >= 4 is 27.3 Å². The summed E-state index contributed by atoms with van der Waals surface area (Å²) in [5.74, 6) is 0.657. The number of likely N-dealkylation sites (tertiary alicyclic amines) is 1. The van der Waals surface area contributed by atoms with Crippen LogP contribution in [0.3, 0.4) is 0 Å². The fraction of sp³-hybridized carbons (Fsp3) is 0.333. The second-order valence-corrected chi connectivity index (χ2v) is 8.45. The van der Waals surface area contributed by atoms with Crippen LogP contribution in [0.25, 0.3) is 10.1 Å². The van der Waals surface area contributed by atoms with Crippen molar-refractivity contribution in [2.24, 2.45) is 0 Å². The second-order valence-electron chi connectivity index (χ2n) is 7.37. The highest BCUT2D eigenvalue weighted by atomic mass is 32.1. The van der Waals surface area contributed by atoms with Crippen LogP contribution in [0.1, 0.15) is 34.2 Å². The van der Waals surface area contributed by atoms with E-state index >= 15 is 0 Å². The molecule has 138 valence electrons. The van der Waals surface area contributed by atoms with Gasteiger partial charge in [-0.1, -0.05) is 18.2 Å². The Kier molecular flexibility index (Phi) is 3.82. The zero-order chi connectivity index (χ0) is 18.5. The van der Waals surface area contributed by atoms with E-state index in [-0.39, 0.29) is 17.6 Å². The smallest absolute Gasteiger partial charge is 0.264 e. The molecule has 5 rings (SSSR count). The van der Waals surface area contributed by atoms with E-state index in [2.05, 4.69) is 0 Å². The zero-order valence-electron chi connectivity index (χ0n) is 15.1. The van der Waals surface area contributed by atoms with Crippen molar-refractivity contribution in [1.82, 2.24) is 9.47 Å². The molecule has 0 N–H and O–H groups in total. The van der Waals surface area contributed by atoms with E-state index in [1.165, 1.54) is 11.3 Å². The molecule has 2 aliphatic rings. The standard InChI is InChI=1S/C21H20N2O3S/c1-13-8-16(10-20(24)23(13)15-6-7-15)26-17-11-22(12-17)21(25)19-9-14-4-2-3-5-18(14)27-19/h2-5,8-10,15,17H,6-7,11-12H2,1H3. The van der Waals surface area contributed by atoms with Crippen molar-refractivity contribution in [2.75, 3.05) is 13.1 Å². The first-order chi connectivity index (χ1) is 13.1. The lowest BCUT2D eigenvalue weighted by Gasteiger charge is -2.38. The molecule has 1 aliphatic heterocycles. The molecule has 3 aromatic rings. The lowest BCUT2D eigenvalue weighted by molar-refractivity contribution is 0.0180. The third kappa shape index (κ3) is 3.04. The van der Waals surface area contributed by atoms with E-state index < -0.39 is 0 Å². The van der Waals surface area contributed by atoms with Gasteiger partial charge in [0.2, 0.25) is 0 Å². The average Bonchev–Trinajstić information content (AvgIpc) is 3.33. The Bertz CT molecular complexity index is 1060. The molecule has 3 heterocycles. The number of fused-ring (bicyclic) bond motifs is 1. The number of pyridine rings is 1. The minimum atomic E-state index is -0.0566. The number of amides is 1. The molecule has 1 aliphatic carbocycles. The number of carbonyl (C=O) groups is 1. The van der Waals surface area contributed by atoms with Gasteiger partial charge in [-0.3, -0.25) is 9.59 Å². The number of hydrogen-bond donors (Lipinski definition) is 0. The van der Waals surface area contributed by atoms with Gasteiger partial charge in [0.1, 0.15) is 11.9 Å². The summed E-state index contributed by atoms with van der Waals surface area (Å²) < 4.78 is 8.92. The Morgan fingerprint density at radius 3 is 2.63 bits per heavy atom. The van der Waals surface area contributed by atoms with E-state index in [1.807, 2.05) is 47.9 Å². The summed E-state index contributed by atoms with van der Waals surface area (Å²) in [7, 11) is 0. The molecule has 0 radical (unpaired) electrons. The predicted molar refractivity (Wildman–Crippen MR) is 106 cm³/mol. The van der Waals surface area contributed by atoms with Gasteiger partial charge in [0, 0.05) is 22.5 Å². The van der Waals surface area contributed by atoms with E-state index in [0.29, 0.717) is 24.9 Å². The minimum Gasteiger partial charge on any atom is -0.486 e. The second kappa shape index (κ2) is 6.23. The molecule has 2 aromatic heterocycles. The quantitative estimate of drug-likeness (QED) is 0.695. The number of aromatic nitrogens is 1. The summed E-state index contributed by atoms with van der Waals surface area (Å²) in [4.78, 5) is 27.5. The maximum atomic E-state index is 12.7. The first-order valence-electron chi connectivity index (χ1n) is 9.26. The number of rotatable bonds is 4. The normalized spacial score (nSPS) is 17.1. The van der Waals surface area contributed by atoms with Crippen molar-refractivity contribution in [3.63, 3.8) is 0 Å². The van der Waals surface area contributed by atoms with Crippen molar-refractivity contribution in [3.05, 3.63) is 63.4 Å². The Labute approximate surface area is 160 Å². The van der Waals surface area contributed by atoms with Gasteiger partial charge in [-0.15, -0.1) is 11.3 Å². The van der Waals surface area contributed by atoms with Crippen LogP contribution in [0, 0.1) is 6.92 Å². The average molecular weight is 380 g/mol. The highest BCUT2D eigenvalue weighted by Crippen LogP contribution is 2.35. The Hall–Kier alpha value is -2.60. The minimum absolute atomic E-state index is 0.00466. The monoisotopic (exact) mass is 380 g/mol. The molecule has 1 aromatic carbocycles. The molecular formula is C21H20N2O3S. The van der Waals surface area contributed by atoms with Crippen LogP contribution in [0.15, 0.2) is 47.3 Å². The molecule has 0 atom stereocenters. The SMILES string of the molecule is Cc1cc(OC2CN(C(=O)c3cc4ccccc4s3)C2)cc(=O)n1C1CC1. The Morgan fingerprint density at radius 2 is 1.93 bits per heavy atom. The maximum absolute atomic E-state index is 12.7. The molecule has 0 unspecified atom stereocenters. The van der Waals surface area contributed by atoms with E-state index in [9.17, 15) is 9.59 Å². The number of benzene rings is 1. The molecule has 2 fully saturated rings. The summed E-state index contributed by atoms with van der Waals surface area (Å²) >= 11 is 1.53. The zero-order valence-corrected chi connectivity index (χ0v) is 15.9. The highest BCUT2D eigenvalue weighted by molar-refractivity contribution is 7.20. The van der Waals surface area contributed by atoms with Crippen LogP contribution in [0.5, 0.6) is 5.75 Å². The highest BCUT2D eigenvalue weighted by Gasteiger charge is 2.34. The molecule has 1 saturated heterocycles. The number of thiophene rings is 1. The van der Waals surface area contributed by atoms with Gasteiger partial charge in [0.25, 0.3) is 11.5 Å². The van der Waals surface area contributed by atoms with Gasteiger partial charge in [0.05, 0.1) is 18.0 Å². The molecule has 27 heavy (non-hydrogen) atoms. The van der Waals surface area contributed by atoms with Gasteiger partial charge in [-0.2, -0.15) is 0 Å². The number of aryl methyl sites for hydroxylation is 1. The van der Waals surface area contributed by atoms with Crippen molar-refractivity contribution < 1.29 is 9.53 Å². The first kappa shape index (κ1) is 16.6. The summed E-state index contributed by atoms with van der Waals surface area (Å²) in [6.07, 6.45) is 2.11. The topological polar surface area (TPSA) is 51.5 Å². The Balaban J connectivity index is 1.24. The van der Waals surface area contributed by atoms with Gasteiger partial charge >= 0.3 is 0 Å². The lowest BCUT2D eigenvalue weighted by Crippen LogP contribution is -2.56. The molecule has 0 spiro atoms. The number of carbonyl (C=O) groups excluding carboxylic acids is 1. The van der Waals surface area contributed by atoms with Crippen molar-refractivity contribution in [3.8, 4) is 5.75 Å². The summed E-state index contributed by atoms with van der Waals surface area (Å²) in [6.45, 7) is 3.06. The first-order valence-corrected chi connectivity index (χ1v) is 10.1. The largest absolute Gasteiger partial charge is 0.486 e. The maximum Gasteiger partial charge on any atom is 0.264 e. The Morgan fingerprint density at radius 1 is 1.15 bits per heavy atom. The van der Waals surface area contributed by atoms with Crippen LogP contribution < -0.4 is 10.3 Å². The number of ether oxygens (including phenoxy) is 1. The van der Waals surface area contributed by atoms with Crippen LogP contribution >= 0.6 is 11.3 Å². The van der Waals surface area contributed by atoms with Gasteiger partial charge in [-0.05, 0) is 43.4 Å². The van der Waals surface area contributed by atoms with Gasteiger partial charge < -0.3 is 14.2 Å². The summed E-state index contributed by atoms with van der Waals surface area (Å²) in [5, 5.41) is 1.10. The third-order valence-corrected chi connectivity index (χ3v) is 6.32. The van der Waals surface area contributed by atoms with Crippen LogP contribution in [-0.4, -0.2) is 34.6 Å². The van der Waals surface area contributed by atoms with E-state index in [0.717, 1.165) is 33.5 Å². The van der Waals surface area contributed by atoms with Gasteiger partial charge in [0.15, 0.2) is 0 Å². The third-order valence-electron chi connectivity index (χ3n) is 5.22. The lowest BCUT2D eigenvalue weighted by atomic mass is 10.1.